The van der Waals surface area contributed by atoms with Crippen LogP contribution in [0.1, 0.15) is 6.92 Å². The summed E-state index contributed by atoms with van der Waals surface area (Å²) in [7, 11) is -4.40. The second-order valence-electron chi connectivity index (χ2n) is 1.65. The standard InChI is InChI=1S/C3H7NO5S.H2O/c1-2(3(5)6)4-10(7,8)9;/h2,4H,1H3,(H,5,6)(H,7,8,9);1H2/t2-;/m0./s1. The van der Waals surface area contributed by atoms with E-state index < -0.39 is 22.3 Å². The molecular formula is C3H9NO6S. The number of rotatable bonds is 3. The lowest BCUT2D eigenvalue weighted by atomic mass is 10.4. The minimum absolute atomic E-state index is 0. The van der Waals surface area contributed by atoms with Gasteiger partial charge in [-0.05, 0) is 6.92 Å². The molecule has 0 heterocycles. The minimum atomic E-state index is -4.40. The average molecular weight is 187 g/mol. The van der Waals surface area contributed by atoms with E-state index in [1.807, 2.05) is 0 Å². The van der Waals surface area contributed by atoms with E-state index in [2.05, 4.69) is 0 Å². The van der Waals surface area contributed by atoms with E-state index in [9.17, 15) is 13.2 Å². The molecule has 0 aromatic rings. The van der Waals surface area contributed by atoms with Crippen molar-refractivity contribution in [3.63, 3.8) is 0 Å². The number of carbonyl (C=O) groups is 1. The molecule has 8 heteroatoms. The SMILES string of the molecule is C[C@H](NS(=O)(=O)O)C(=O)O.O. The van der Waals surface area contributed by atoms with Gasteiger partial charge in [-0.1, -0.05) is 0 Å². The molecule has 11 heavy (non-hydrogen) atoms. The summed E-state index contributed by atoms with van der Waals surface area (Å²) in [6, 6.07) is -1.31. The third-order valence-corrected chi connectivity index (χ3v) is 1.35. The van der Waals surface area contributed by atoms with Crippen LogP contribution in [-0.2, 0) is 15.1 Å². The van der Waals surface area contributed by atoms with E-state index in [0.717, 1.165) is 6.92 Å². The van der Waals surface area contributed by atoms with Crippen LogP contribution in [0.3, 0.4) is 0 Å². The van der Waals surface area contributed by atoms with Crippen molar-refractivity contribution >= 4 is 16.3 Å². The van der Waals surface area contributed by atoms with Gasteiger partial charge < -0.3 is 10.6 Å². The average Bonchev–Trinajstić information content (AvgIpc) is 1.60. The van der Waals surface area contributed by atoms with E-state index in [1.54, 1.807) is 0 Å². The zero-order chi connectivity index (χ0) is 8.36. The summed E-state index contributed by atoms with van der Waals surface area (Å²) >= 11 is 0. The molecule has 0 amide bonds. The fourth-order valence-electron chi connectivity index (χ4n) is 0.274. The smallest absolute Gasteiger partial charge is 0.334 e. The van der Waals surface area contributed by atoms with Crippen molar-refractivity contribution in [3.05, 3.63) is 0 Å². The number of aliphatic carboxylic acids is 1. The molecule has 0 radical (unpaired) electrons. The molecule has 0 spiro atoms. The van der Waals surface area contributed by atoms with E-state index >= 15 is 0 Å². The van der Waals surface area contributed by atoms with Gasteiger partial charge in [-0.2, -0.15) is 13.1 Å². The van der Waals surface area contributed by atoms with Crippen LogP contribution < -0.4 is 4.72 Å². The first-order valence-corrected chi connectivity index (χ1v) is 3.74. The highest BCUT2D eigenvalue weighted by atomic mass is 32.2. The molecule has 0 bridgehead atoms. The Labute approximate surface area is 63.2 Å². The van der Waals surface area contributed by atoms with Crippen molar-refractivity contribution in [1.82, 2.24) is 4.72 Å². The molecule has 0 saturated carbocycles. The lowest BCUT2D eigenvalue weighted by Crippen LogP contribution is -2.37. The predicted octanol–water partition coefficient (Wildman–Crippen LogP) is -1.97. The van der Waals surface area contributed by atoms with Crippen molar-refractivity contribution in [2.45, 2.75) is 13.0 Å². The van der Waals surface area contributed by atoms with Crippen molar-refractivity contribution in [2.24, 2.45) is 0 Å². The van der Waals surface area contributed by atoms with Crippen LogP contribution >= 0.6 is 0 Å². The van der Waals surface area contributed by atoms with Crippen LogP contribution in [0.4, 0.5) is 0 Å². The zero-order valence-electron chi connectivity index (χ0n) is 5.60. The molecule has 0 aliphatic carbocycles. The van der Waals surface area contributed by atoms with Gasteiger partial charge in [0.15, 0.2) is 0 Å². The maximum Gasteiger partial charge on any atom is 0.334 e. The second-order valence-corrected chi connectivity index (χ2v) is 2.84. The Kier molecular flexibility index (Phi) is 4.98. The van der Waals surface area contributed by atoms with E-state index in [-0.39, 0.29) is 5.48 Å². The van der Waals surface area contributed by atoms with Gasteiger partial charge in [-0.25, -0.2) is 0 Å². The maximum absolute atomic E-state index is 9.94. The molecule has 0 fully saturated rings. The molecule has 7 nitrogen and oxygen atoms in total. The molecule has 0 rings (SSSR count). The molecule has 0 unspecified atom stereocenters. The van der Waals surface area contributed by atoms with Gasteiger partial charge >= 0.3 is 16.3 Å². The summed E-state index contributed by atoms with van der Waals surface area (Å²) in [6.07, 6.45) is 0. The van der Waals surface area contributed by atoms with Gasteiger partial charge in [0, 0.05) is 0 Å². The predicted molar refractivity (Wildman–Crippen MR) is 35.4 cm³/mol. The fraction of sp³-hybridized carbons (Fsp3) is 0.667. The lowest BCUT2D eigenvalue weighted by molar-refractivity contribution is -0.138. The summed E-state index contributed by atoms with van der Waals surface area (Å²) in [5.74, 6) is -1.35. The normalized spacial score (nSPS) is 13.3. The molecule has 0 aliphatic heterocycles. The fourth-order valence-corrected chi connectivity index (χ4v) is 0.821. The summed E-state index contributed by atoms with van der Waals surface area (Å²) < 4.78 is 29.3. The Morgan fingerprint density at radius 3 is 2.00 bits per heavy atom. The van der Waals surface area contributed by atoms with Gasteiger partial charge in [0.2, 0.25) is 0 Å². The van der Waals surface area contributed by atoms with Gasteiger partial charge in [0.05, 0.1) is 0 Å². The van der Waals surface area contributed by atoms with Crippen LogP contribution in [0.5, 0.6) is 0 Å². The summed E-state index contributed by atoms with van der Waals surface area (Å²) in [6.45, 7) is 1.09. The Balaban J connectivity index is 0. The van der Waals surface area contributed by atoms with Crippen LogP contribution in [0.2, 0.25) is 0 Å². The first kappa shape index (κ1) is 12.9. The van der Waals surface area contributed by atoms with Crippen molar-refractivity contribution in [3.8, 4) is 0 Å². The van der Waals surface area contributed by atoms with Crippen LogP contribution in [0.25, 0.3) is 0 Å². The van der Waals surface area contributed by atoms with E-state index in [1.165, 1.54) is 4.72 Å². The molecule has 1 atom stereocenters. The number of hydrogen-bond donors (Lipinski definition) is 3. The van der Waals surface area contributed by atoms with Crippen LogP contribution in [-0.4, -0.2) is 35.6 Å². The number of carboxylic acid groups (broad SMARTS) is 1. The summed E-state index contributed by atoms with van der Waals surface area (Å²) in [4.78, 5) is 9.94. The minimum Gasteiger partial charge on any atom is -0.480 e. The monoisotopic (exact) mass is 187 g/mol. The Morgan fingerprint density at radius 2 is 1.91 bits per heavy atom. The van der Waals surface area contributed by atoms with Crippen molar-refractivity contribution in [1.29, 1.82) is 0 Å². The first-order chi connectivity index (χ1) is 4.33. The van der Waals surface area contributed by atoms with E-state index in [0.29, 0.717) is 0 Å². The topological polar surface area (TPSA) is 135 Å². The van der Waals surface area contributed by atoms with Gasteiger partial charge in [-0.15, -0.1) is 0 Å². The number of nitrogens with one attached hydrogen (secondary N) is 1. The lowest BCUT2D eigenvalue weighted by Gasteiger charge is -2.03. The third-order valence-electron chi connectivity index (χ3n) is 0.696. The van der Waals surface area contributed by atoms with Crippen LogP contribution in [0, 0.1) is 0 Å². The highest BCUT2D eigenvalue weighted by molar-refractivity contribution is 7.83. The molecule has 5 N–H and O–H groups in total. The number of hydrogen-bond acceptors (Lipinski definition) is 3. The molecule has 0 aromatic carbocycles. The largest absolute Gasteiger partial charge is 0.480 e. The van der Waals surface area contributed by atoms with Gasteiger partial charge in [-0.3, -0.25) is 9.35 Å². The Hall–Kier alpha value is -0.700. The second kappa shape index (κ2) is 4.23. The maximum atomic E-state index is 9.94. The van der Waals surface area contributed by atoms with Gasteiger partial charge in [0.1, 0.15) is 6.04 Å². The molecular weight excluding hydrogens is 178 g/mol. The third kappa shape index (κ3) is 7.19. The Morgan fingerprint density at radius 1 is 1.55 bits per heavy atom. The first-order valence-electron chi connectivity index (χ1n) is 2.30. The van der Waals surface area contributed by atoms with Crippen molar-refractivity contribution < 1.29 is 28.3 Å². The van der Waals surface area contributed by atoms with Crippen molar-refractivity contribution in [2.75, 3.05) is 0 Å². The molecule has 0 aliphatic rings. The Bertz CT molecular complexity index is 220. The molecule has 68 valence electrons. The molecule has 0 aromatic heterocycles. The van der Waals surface area contributed by atoms with Crippen LogP contribution in [0.15, 0.2) is 0 Å². The number of carboxylic acids is 1. The zero-order valence-corrected chi connectivity index (χ0v) is 6.42. The summed E-state index contributed by atoms with van der Waals surface area (Å²) in [5, 5.41) is 8.11. The highest BCUT2D eigenvalue weighted by Gasteiger charge is 2.15. The summed E-state index contributed by atoms with van der Waals surface area (Å²) in [5.41, 5.74) is 0. The highest BCUT2D eigenvalue weighted by Crippen LogP contribution is 1.83. The van der Waals surface area contributed by atoms with E-state index in [4.69, 9.17) is 9.66 Å². The molecule has 0 saturated heterocycles. The quantitative estimate of drug-likeness (QED) is 0.440. The van der Waals surface area contributed by atoms with Gasteiger partial charge in [0.25, 0.3) is 0 Å².